The van der Waals surface area contributed by atoms with Gasteiger partial charge >= 0.3 is 0 Å². The van der Waals surface area contributed by atoms with Gasteiger partial charge in [0.05, 0.1) is 6.61 Å². The van der Waals surface area contributed by atoms with Crippen molar-refractivity contribution in [1.29, 1.82) is 0 Å². The number of hydrogen-bond acceptors (Lipinski definition) is 3. The molecule has 0 aromatic heterocycles. The van der Waals surface area contributed by atoms with Crippen molar-refractivity contribution in [3.63, 3.8) is 0 Å². The Morgan fingerprint density at radius 3 is 2.45 bits per heavy atom. The van der Waals surface area contributed by atoms with E-state index < -0.39 is 0 Å². The minimum atomic E-state index is -0.176. The minimum absolute atomic E-state index is 0.176. The van der Waals surface area contributed by atoms with Crippen molar-refractivity contribution < 1.29 is 9.50 Å². The van der Waals surface area contributed by atoms with Crippen LogP contribution in [-0.2, 0) is 13.0 Å². The number of nitrogens with one attached hydrogen (secondary N) is 2. The van der Waals surface area contributed by atoms with E-state index in [1.165, 1.54) is 34.5 Å². The third-order valence-corrected chi connectivity index (χ3v) is 5.05. The van der Waals surface area contributed by atoms with Crippen molar-refractivity contribution >= 4 is 5.69 Å². The summed E-state index contributed by atoms with van der Waals surface area (Å²) < 4.78 is 12.4. The summed E-state index contributed by atoms with van der Waals surface area (Å²) in [4.78, 5) is 0. The number of halogens is 1. The Morgan fingerprint density at radius 1 is 1.00 bits per heavy atom. The number of benzene rings is 3. The molecule has 1 aliphatic heterocycles. The quantitative estimate of drug-likeness (QED) is 0.572. The Balaban J connectivity index is 0.000000188. The number of aryl methyl sites for hydroxylation is 1. The van der Waals surface area contributed by atoms with Crippen LogP contribution >= 0.6 is 0 Å². The molecule has 4 heteroatoms. The van der Waals surface area contributed by atoms with Crippen LogP contribution in [0.1, 0.15) is 24.5 Å². The zero-order valence-electron chi connectivity index (χ0n) is 16.9. The highest BCUT2D eigenvalue weighted by Gasteiger charge is 2.17. The van der Waals surface area contributed by atoms with Crippen molar-refractivity contribution in [2.24, 2.45) is 0 Å². The molecule has 0 fully saturated rings. The van der Waals surface area contributed by atoms with Gasteiger partial charge in [-0.25, -0.2) is 4.39 Å². The van der Waals surface area contributed by atoms with Crippen LogP contribution in [0.5, 0.6) is 0 Å². The van der Waals surface area contributed by atoms with E-state index in [1.807, 2.05) is 13.0 Å². The molecule has 29 heavy (non-hydrogen) atoms. The Morgan fingerprint density at radius 2 is 1.76 bits per heavy atom. The van der Waals surface area contributed by atoms with Crippen LogP contribution in [0, 0.1) is 5.82 Å². The van der Waals surface area contributed by atoms with E-state index in [1.54, 1.807) is 12.1 Å². The maximum absolute atomic E-state index is 12.4. The molecule has 0 radical (unpaired) electrons. The van der Waals surface area contributed by atoms with E-state index >= 15 is 0 Å². The zero-order chi connectivity index (χ0) is 20.5. The largest absolute Gasteiger partial charge is 0.394 e. The van der Waals surface area contributed by atoms with Gasteiger partial charge in [0.15, 0.2) is 0 Å². The summed E-state index contributed by atoms with van der Waals surface area (Å²) in [7, 11) is 0. The Kier molecular flexibility index (Phi) is 7.79. The van der Waals surface area contributed by atoms with Crippen LogP contribution in [0.15, 0.2) is 72.8 Å². The summed E-state index contributed by atoms with van der Waals surface area (Å²) >= 11 is 0. The summed E-state index contributed by atoms with van der Waals surface area (Å²) in [6.45, 7) is 4.01. The Labute approximate surface area is 172 Å². The lowest BCUT2D eigenvalue weighted by molar-refractivity contribution is 0.267. The van der Waals surface area contributed by atoms with Crippen LogP contribution in [0.4, 0.5) is 10.1 Å². The SMILES string of the molecule is CCNCc1ccc(F)cc1.OCC1CCc2cc(-c3ccccc3)ccc2N1. The first-order chi connectivity index (χ1) is 14.2. The van der Waals surface area contributed by atoms with Crippen LogP contribution in [-0.4, -0.2) is 24.3 Å². The van der Waals surface area contributed by atoms with E-state index in [2.05, 4.69) is 53.1 Å². The second-order valence-electron chi connectivity index (χ2n) is 7.21. The molecule has 0 saturated carbocycles. The van der Waals surface area contributed by atoms with E-state index in [-0.39, 0.29) is 18.5 Å². The van der Waals surface area contributed by atoms with Crippen LogP contribution in [0.25, 0.3) is 11.1 Å². The molecule has 0 spiro atoms. The number of rotatable bonds is 5. The number of aliphatic hydroxyl groups is 1. The van der Waals surface area contributed by atoms with Gasteiger partial charge in [-0.1, -0.05) is 55.5 Å². The Bertz CT molecular complexity index is 881. The maximum Gasteiger partial charge on any atom is 0.123 e. The Hall–Kier alpha value is -2.69. The van der Waals surface area contributed by atoms with Crippen LogP contribution in [0.2, 0.25) is 0 Å². The lowest BCUT2D eigenvalue weighted by Crippen LogP contribution is -2.28. The predicted molar refractivity (Wildman–Crippen MR) is 118 cm³/mol. The van der Waals surface area contributed by atoms with Gasteiger partial charge in [0.25, 0.3) is 0 Å². The van der Waals surface area contributed by atoms with Gasteiger partial charge in [-0.2, -0.15) is 0 Å². The standard InChI is InChI=1S/C16H17NO.C9H12FN/c18-11-15-8-6-14-10-13(7-9-16(14)17-15)12-4-2-1-3-5-12;1-2-11-7-8-3-5-9(10)6-4-8/h1-5,7,9-10,15,17-18H,6,8,11H2;3-6,11H,2,7H2,1H3. The highest BCUT2D eigenvalue weighted by molar-refractivity contribution is 5.69. The van der Waals surface area contributed by atoms with Gasteiger partial charge in [0.1, 0.15) is 5.82 Å². The molecule has 3 aromatic rings. The van der Waals surface area contributed by atoms with Crippen molar-refractivity contribution in [1.82, 2.24) is 5.32 Å². The highest BCUT2D eigenvalue weighted by Crippen LogP contribution is 2.29. The fourth-order valence-electron chi connectivity index (χ4n) is 3.38. The molecule has 1 heterocycles. The van der Waals surface area contributed by atoms with Crippen molar-refractivity contribution in [3.05, 3.63) is 89.7 Å². The number of anilines is 1. The second kappa shape index (κ2) is 10.7. The highest BCUT2D eigenvalue weighted by atomic mass is 19.1. The van der Waals surface area contributed by atoms with Gasteiger partial charge in [-0.05, 0) is 65.9 Å². The number of aliphatic hydroxyl groups excluding tert-OH is 1. The molecule has 0 saturated heterocycles. The fourth-order valence-corrected chi connectivity index (χ4v) is 3.38. The smallest absolute Gasteiger partial charge is 0.123 e. The number of fused-ring (bicyclic) bond motifs is 1. The first-order valence-electron chi connectivity index (χ1n) is 10.2. The average Bonchev–Trinajstić information content (AvgIpc) is 2.79. The molecular weight excluding hydrogens is 363 g/mol. The van der Waals surface area contributed by atoms with E-state index in [0.717, 1.165) is 31.5 Å². The fraction of sp³-hybridized carbons (Fsp3) is 0.280. The molecular formula is C25H29FN2O. The third-order valence-electron chi connectivity index (χ3n) is 5.05. The lowest BCUT2D eigenvalue weighted by atomic mass is 9.94. The van der Waals surface area contributed by atoms with Gasteiger partial charge in [0, 0.05) is 18.3 Å². The van der Waals surface area contributed by atoms with E-state index in [0.29, 0.717) is 0 Å². The van der Waals surface area contributed by atoms with Gasteiger partial charge in [-0.3, -0.25) is 0 Å². The molecule has 0 aliphatic carbocycles. The molecule has 0 amide bonds. The zero-order valence-corrected chi connectivity index (χ0v) is 16.9. The summed E-state index contributed by atoms with van der Waals surface area (Å²) in [6, 6.07) is 23.7. The van der Waals surface area contributed by atoms with Crippen LogP contribution in [0.3, 0.4) is 0 Å². The topological polar surface area (TPSA) is 44.3 Å². The predicted octanol–water partition coefficient (Wildman–Crippen LogP) is 5.01. The molecule has 3 nitrogen and oxygen atoms in total. The van der Waals surface area contributed by atoms with Crippen LogP contribution < -0.4 is 10.6 Å². The number of hydrogen-bond donors (Lipinski definition) is 3. The molecule has 4 rings (SSSR count). The minimum Gasteiger partial charge on any atom is -0.394 e. The third kappa shape index (κ3) is 6.14. The molecule has 0 bridgehead atoms. The summed E-state index contributed by atoms with van der Waals surface area (Å²) in [5, 5.41) is 15.7. The average molecular weight is 393 g/mol. The van der Waals surface area contributed by atoms with Crippen molar-refractivity contribution in [2.75, 3.05) is 18.5 Å². The summed E-state index contributed by atoms with van der Waals surface area (Å²) in [5.41, 5.74) is 6.15. The molecule has 3 N–H and O–H groups in total. The lowest BCUT2D eigenvalue weighted by Gasteiger charge is -2.26. The molecule has 152 valence electrons. The first-order valence-corrected chi connectivity index (χ1v) is 10.2. The first kappa shape index (κ1) is 21.0. The second-order valence-corrected chi connectivity index (χ2v) is 7.21. The summed E-state index contributed by atoms with van der Waals surface area (Å²) in [5.74, 6) is -0.176. The molecule has 1 aliphatic rings. The van der Waals surface area contributed by atoms with Gasteiger partial charge in [0.2, 0.25) is 0 Å². The van der Waals surface area contributed by atoms with Crippen molar-refractivity contribution in [2.45, 2.75) is 32.4 Å². The molecule has 3 aromatic carbocycles. The van der Waals surface area contributed by atoms with E-state index in [9.17, 15) is 9.50 Å². The molecule has 1 unspecified atom stereocenters. The molecule has 1 atom stereocenters. The van der Waals surface area contributed by atoms with Gasteiger partial charge in [-0.15, -0.1) is 0 Å². The van der Waals surface area contributed by atoms with E-state index in [4.69, 9.17) is 0 Å². The summed E-state index contributed by atoms with van der Waals surface area (Å²) in [6.07, 6.45) is 2.04. The van der Waals surface area contributed by atoms with Gasteiger partial charge < -0.3 is 15.7 Å². The maximum atomic E-state index is 12.4. The monoisotopic (exact) mass is 392 g/mol. The van der Waals surface area contributed by atoms with Crippen molar-refractivity contribution in [3.8, 4) is 11.1 Å². The normalized spacial score (nSPS) is 14.9.